The molecule has 0 N–H and O–H groups in total. The van der Waals surface area contributed by atoms with Crippen LogP contribution in [-0.4, -0.2) is 54.9 Å². The molecule has 0 radical (unpaired) electrons. The normalized spacial score (nSPS) is 14.4. The molecule has 140 valence electrons. The van der Waals surface area contributed by atoms with E-state index in [9.17, 15) is 9.59 Å². The van der Waals surface area contributed by atoms with Crippen molar-refractivity contribution < 1.29 is 14.3 Å². The van der Waals surface area contributed by atoms with Crippen LogP contribution in [0.25, 0.3) is 6.08 Å². The molecular weight excluding hydrogens is 340 g/mol. The zero-order valence-corrected chi connectivity index (χ0v) is 15.7. The zero-order valence-electron chi connectivity index (χ0n) is 15.7. The molecule has 2 aromatic rings. The Balaban J connectivity index is 1.54. The summed E-state index contributed by atoms with van der Waals surface area (Å²) in [5.41, 5.74) is 2.71. The Morgan fingerprint density at radius 3 is 2.26 bits per heavy atom. The number of ether oxygens (including phenoxy) is 1. The second-order valence-electron chi connectivity index (χ2n) is 6.59. The summed E-state index contributed by atoms with van der Waals surface area (Å²) in [5.74, 6) is 0.779. The molecule has 0 atom stereocenters. The van der Waals surface area contributed by atoms with E-state index in [0.29, 0.717) is 31.7 Å². The van der Waals surface area contributed by atoms with E-state index in [2.05, 4.69) is 0 Å². The molecule has 1 fully saturated rings. The molecular formula is C22H24N2O3. The molecule has 5 heteroatoms. The van der Waals surface area contributed by atoms with Crippen LogP contribution < -0.4 is 4.74 Å². The number of hydrogen-bond donors (Lipinski definition) is 0. The van der Waals surface area contributed by atoms with Gasteiger partial charge in [-0.1, -0.05) is 29.8 Å². The average Bonchev–Trinajstić information content (AvgIpc) is 2.72. The molecule has 0 aliphatic carbocycles. The lowest BCUT2D eigenvalue weighted by atomic mass is 10.1. The maximum atomic E-state index is 12.6. The summed E-state index contributed by atoms with van der Waals surface area (Å²) < 4.78 is 5.13. The van der Waals surface area contributed by atoms with Crippen molar-refractivity contribution in [3.63, 3.8) is 0 Å². The number of nitrogens with zero attached hydrogens (tertiary/aromatic N) is 2. The first-order chi connectivity index (χ1) is 13.1. The van der Waals surface area contributed by atoms with Crippen LogP contribution in [0.3, 0.4) is 0 Å². The molecule has 1 saturated heterocycles. The molecule has 2 aromatic carbocycles. The fourth-order valence-electron chi connectivity index (χ4n) is 3.08. The van der Waals surface area contributed by atoms with Crippen LogP contribution in [0.15, 0.2) is 54.6 Å². The predicted octanol–water partition coefficient (Wildman–Crippen LogP) is 3.00. The average molecular weight is 364 g/mol. The molecule has 0 saturated carbocycles. The number of amides is 2. The lowest BCUT2D eigenvalue weighted by Gasteiger charge is -2.34. The van der Waals surface area contributed by atoms with E-state index < -0.39 is 0 Å². The highest BCUT2D eigenvalue weighted by Crippen LogP contribution is 2.14. The van der Waals surface area contributed by atoms with Crippen LogP contribution in [0.2, 0.25) is 0 Å². The second-order valence-corrected chi connectivity index (χ2v) is 6.59. The van der Waals surface area contributed by atoms with Gasteiger partial charge in [0.05, 0.1) is 7.11 Å². The minimum absolute atomic E-state index is 0.0274. The van der Waals surface area contributed by atoms with Crippen LogP contribution in [-0.2, 0) is 4.79 Å². The molecule has 2 amide bonds. The predicted molar refractivity (Wildman–Crippen MR) is 106 cm³/mol. The Bertz CT molecular complexity index is 835. The monoisotopic (exact) mass is 364 g/mol. The van der Waals surface area contributed by atoms with Gasteiger partial charge < -0.3 is 14.5 Å². The number of carbonyl (C=O) groups is 2. The molecule has 1 aliphatic heterocycles. The number of piperazine rings is 1. The number of hydrogen-bond acceptors (Lipinski definition) is 3. The van der Waals surface area contributed by atoms with E-state index in [-0.39, 0.29) is 11.8 Å². The van der Waals surface area contributed by atoms with Crippen molar-refractivity contribution in [1.29, 1.82) is 0 Å². The smallest absolute Gasteiger partial charge is 0.253 e. The highest BCUT2D eigenvalue weighted by molar-refractivity contribution is 5.95. The van der Waals surface area contributed by atoms with Gasteiger partial charge >= 0.3 is 0 Å². The van der Waals surface area contributed by atoms with Gasteiger partial charge in [0.25, 0.3) is 5.91 Å². The van der Waals surface area contributed by atoms with Gasteiger partial charge in [0, 0.05) is 37.8 Å². The van der Waals surface area contributed by atoms with Crippen LogP contribution >= 0.6 is 0 Å². The van der Waals surface area contributed by atoms with Crippen LogP contribution in [0, 0.1) is 6.92 Å². The summed E-state index contributed by atoms with van der Waals surface area (Å²) in [4.78, 5) is 28.6. The third-order valence-corrected chi connectivity index (χ3v) is 4.68. The maximum absolute atomic E-state index is 12.6. The minimum atomic E-state index is -0.0338. The van der Waals surface area contributed by atoms with Crippen molar-refractivity contribution in [3.05, 3.63) is 71.3 Å². The molecule has 0 unspecified atom stereocenters. The molecule has 0 aromatic heterocycles. The summed E-state index contributed by atoms with van der Waals surface area (Å²) in [6, 6.07) is 15.1. The maximum Gasteiger partial charge on any atom is 0.253 e. The number of benzene rings is 2. The van der Waals surface area contributed by atoms with Gasteiger partial charge in [-0.25, -0.2) is 0 Å². The number of rotatable bonds is 4. The first-order valence-corrected chi connectivity index (χ1v) is 9.04. The SMILES string of the molecule is COc1ccc(/C=C/C(=O)N2CCN(C(=O)c3cccc(C)c3)CC2)cc1. The fraction of sp³-hybridized carbons (Fsp3) is 0.273. The van der Waals surface area contributed by atoms with Gasteiger partial charge in [-0.3, -0.25) is 9.59 Å². The van der Waals surface area contributed by atoms with Gasteiger partial charge in [0.1, 0.15) is 5.75 Å². The largest absolute Gasteiger partial charge is 0.497 e. The third kappa shape index (κ3) is 4.76. The molecule has 5 nitrogen and oxygen atoms in total. The van der Waals surface area contributed by atoms with Gasteiger partial charge in [0.2, 0.25) is 5.91 Å². The van der Waals surface area contributed by atoms with Gasteiger partial charge in [0.15, 0.2) is 0 Å². The van der Waals surface area contributed by atoms with Crippen molar-refractivity contribution in [2.24, 2.45) is 0 Å². The fourth-order valence-corrected chi connectivity index (χ4v) is 3.08. The van der Waals surface area contributed by atoms with Gasteiger partial charge in [-0.2, -0.15) is 0 Å². The minimum Gasteiger partial charge on any atom is -0.497 e. The molecule has 3 rings (SSSR count). The summed E-state index contributed by atoms with van der Waals surface area (Å²) in [5, 5.41) is 0. The van der Waals surface area contributed by atoms with Gasteiger partial charge in [-0.05, 0) is 42.8 Å². The Kier molecular flexibility index (Phi) is 5.91. The Labute approximate surface area is 159 Å². The third-order valence-electron chi connectivity index (χ3n) is 4.68. The first-order valence-electron chi connectivity index (χ1n) is 9.04. The molecule has 27 heavy (non-hydrogen) atoms. The summed E-state index contributed by atoms with van der Waals surface area (Å²) in [6.45, 7) is 4.17. The van der Waals surface area contributed by atoms with Crippen LogP contribution in [0.1, 0.15) is 21.5 Å². The summed E-state index contributed by atoms with van der Waals surface area (Å²) in [7, 11) is 1.62. The van der Waals surface area contributed by atoms with Crippen molar-refractivity contribution in [1.82, 2.24) is 9.80 Å². The van der Waals surface area contributed by atoms with E-state index in [1.165, 1.54) is 0 Å². The highest BCUT2D eigenvalue weighted by Gasteiger charge is 2.23. The zero-order chi connectivity index (χ0) is 19.2. The van der Waals surface area contributed by atoms with E-state index in [1.54, 1.807) is 24.2 Å². The number of aryl methyl sites for hydroxylation is 1. The molecule has 1 heterocycles. The number of methoxy groups -OCH3 is 1. The lowest BCUT2D eigenvalue weighted by molar-refractivity contribution is -0.127. The quantitative estimate of drug-likeness (QED) is 0.784. The molecule has 1 aliphatic rings. The molecule has 0 spiro atoms. The van der Waals surface area contributed by atoms with Gasteiger partial charge in [-0.15, -0.1) is 0 Å². The van der Waals surface area contributed by atoms with Crippen molar-refractivity contribution in [3.8, 4) is 5.75 Å². The Hall–Kier alpha value is -3.08. The number of carbonyl (C=O) groups excluding carboxylic acids is 2. The van der Waals surface area contributed by atoms with E-state index >= 15 is 0 Å². The van der Waals surface area contributed by atoms with Crippen molar-refractivity contribution in [2.45, 2.75) is 6.92 Å². The summed E-state index contributed by atoms with van der Waals surface area (Å²) >= 11 is 0. The second kappa shape index (κ2) is 8.54. The Morgan fingerprint density at radius 2 is 1.63 bits per heavy atom. The summed E-state index contributed by atoms with van der Waals surface area (Å²) in [6.07, 6.45) is 3.38. The topological polar surface area (TPSA) is 49.9 Å². The lowest BCUT2D eigenvalue weighted by Crippen LogP contribution is -2.50. The van der Waals surface area contributed by atoms with Crippen molar-refractivity contribution >= 4 is 17.9 Å². The van der Waals surface area contributed by atoms with E-state index in [4.69, 9.17) is 4.74 Å². The van der Waals surface area contributed by atoms with Crippen LogP contribution in [0.4, 0.5) is 0 Å². The first kappa shape index (κ1) is 18.7. The Morgan fingerprint density at radius 1 is 0.963 bits per heavy atom. The van der Waals surface area contributed by atoms with Crippen molar-refractivity contribution in [2.75, 3.05) is 33.3 Å². The highest BCUT2D eigenvalue weighted by atomic mass is 16.5. The molecule has 0 bridgehead atoms. The van der Waals surface area contributed by atoms with E-state index in [0.717, 1.165) is 16.9 Å². The van der Waals surface area contributed by atoms with Crippen LogP contribution in [0.5, 0.6) is 5.75 Å². The standard InChI is InChI=1S/C22H24N2O3/c1-17-4-3-5-19(16-17)22(26)24-14-12-23(13-15-24)21(25)11-8-18-6-9-20(27-2)10-7-18/h3-11,16H,12-15H2,1-2H3/b11-8+. The van der Waals surface area contributed by atoms with E-state index in [1.807, 2.05) is 60.4 Å².